The second kappa shape index (κ2) is 4.89. The van der Waals surface area contributed by atoms with E-state index >= 15 is 0 Å². The van der Waals surface area contributed by atoms with Gasteiger partial charge < -0.3 is 9.84 Å². The molecule has 1 aromatic carbocycles. The largest absolute Gasteiger partial charge is 0.479 e. The summed E-state index contributed by atoms with van der Waals surface area (Å²) in [7, 11) is 0. The summed E-state index contributed by atoms with van der Waals surface area (Å²) < 4.78 is 5.27. The minimum Gasteiger partial charge on any atom is -0.479 e. The van der Waals surface area contributed by atoms with Gasteiger partial charge in [0.2, 0.25) is 0 Å². The summed E-state index contributed by atoms with van der Waals surface area (Å²) in [6.45, 7) is 1.39. The molecule has 1 N–H and O–H groups in total. The molecule has 98 valence electrons. The molecule has 1 heterocycles. The maximum Gasteiger partial charge on any atom is 0.344 e. The number of hydrogen-bond donors (Lipinski definition) is 1. The number of nitro groups is 1. The first-order chi connectivity index (χ1) is 9.00. The zero-order valence-electron chi connectivity index (χ0n) is 9.94. The van der Waals surface area contributed by atoms with Gasteiger partial charge in [-0.15, -0.1) is 0 Å². The molecule has 7 nitrogen and oxygen atoms in total. The monoisotopic (exact) mass is 262 g/mol. The Hall–Kier alpha value is -2.70. The number of aromatic nitrogens is 1. The summed E-state index contributed by atoms with van der Waals surface area (Å²) in [5.41, 5.74) is -0.0987. The second-order valence-corrected chi connectivity index (χ2v) is 3.86. The number of aliphatic carboxylic acids is 1. The van der Waals surface area contributed by atoms with Crippen molar-refractivity contribution >= 4 is 22.4 Å². The summed E-state index contributed by atoms with van der Waals surface area (Å²) in [4.78, 5) is 25.0. The number of carboxylic acid groups (broad SMARTS) is 1. The van der Waals surface area contributed by atoms with Crippen molar-refractivity contribution in [3.8, 4) is 5.75 Å². The van der Waals surface area contributed by atoms with Gasteiger partial charge in [-0.3, -0.25) is 15.1 Å². The molecular weight excluding hydrogens is 252 g/mol. The van der Waals surface area contributed by atoms with Gasteiger partial charge in [0.15, 0.2) is 6.10 Å². The highest BCUT2D eigenvalue weighted by Gasteiger charge is 2.18. The van der Waals surface area contributed by atoms with Gasteiger partial charge in [0.25, 0.3) is 5.69 Å². The van der Waals surface area contributed by atoms with Gasteiger partial charge in [0, 0.05) is 23.8 Å². The van der Waals surface area contributed by atoms with Crippen LogP contribution in [0.1, 0.15) is 6.92 Å². The molecular formula is C12H10N2O5. The summed E-state index contributed by atoms with van der Waals surface area (Å²) in [5.74, 6) is -0.835. The minimum atomic E-state index is -1.11. The van der Waals surface area contributed by atoms with E-state index in [1.807, 2.05) is 0 Å². The molecule has 0 aliphatic carbocycles. The first-order valence-electron chi connectivity index (χ1n) is 5.41. The van der Waals surface area contributed by atoms with Gasteiger partial charge in [-0.05, 0) is 19.1 Å². The van der Waals surface area contributed by atoms with Crippen molar-refractivity contribution in [3.05, 3.63) is 40.7 Å². The molecule has 0 saturated carbocycles. The Morgan fingerprint density at radius 2 is 2.16 bits per heavy atom. The average Bonchev–Trinajstić information content (AvgIpc) is 2.38. The van der Waals surface area contributed by atoms with Crippen molar-refractivity contribution < 1.29 is 19.6 Å². The molecule has 1 atom stereocenters. The maximum absolute atomic E-state index is 10.9. The number of ether oxygens (including phenoxy) is 1. The number of non-ortho nitro benzene ring substituents is 1. The fraction of sp³-hybridized carbons (Fsp3) is 0.167. The molecule has 0 bridgehead atoms. The number of nitrogens with zero attached hydrogens (tertiary/aromatic N) is 2. The number of hydrogen-bond acceptors (Lipinski definition) is 5. The molecule has 0 fully saturated rings. The number of benzene rings is 1. The number of pyridine rings is 1. The molecule has 0 spiro atoms. The molecule has 7 heteroatoms. The van der Waals surface area contributed by atoms with Gasteiger partial charge in [-0.25, -0.2) is 4.79 Å². The van der Waals surface area contributed by atoms with Crippen LogP contribution in [0.15, 0.2) is 30.6 Å². The van der Waals surface area contributed by atoms with Crippen molar-refractivity contribution in [2.45, 2.75) is 13.0 Å². The molecule has 0 radical (unpaired) electrons. The van der Waals surface area contributed by atoms with Gasteiger partial charge in [-0.1, -0.05) is 0 Å². The number of carbonyl (C=O) groups is 1. The van der Waals surface area contributed by atoms with E-state index in [1.54, 1.807) is 6.07 Å². The van der Waals surface area contributed by atoms with E-state index < -0.39 is 17.0 Å². The van der Waals surface area contributed by atoms with E-state index in [1.165, 1.54) is 31.5 Å². The third-order valence-corrected chi connectivity index (χ3v) is 2.60. The summed E-state index contributed by atoms with van der Waals surface area (Å²) in [5, 5.41) is 20.5. The van der Waals surface area contributed by atoms with Crippen LogP contribution in [0.25, 0.3) is 10.8 Å². The van der Waals surface area contributed by atoms with E-state index in [4.69, 9.17) is 9.84 Å². The Morgan fingerprint density at radius 3 is 2.79 bits per heavy atom. The Kier molecular flexibility index (Phi) is 3.28. The lowest BCUT2D eigenvalue weighted by Gasteiger charge is -2.12. The molecule has 0 aliphatic heterocycles. The summed E-state index contributed by atoms with van der Waals surface area (Å²) in [6.07, 6.45) is 1.77. The number of carboxylic acids is 1. The Labute approximate surface area is 107 Å². The first-order valence-corrected chi connectivity index (χ1v) is 5.41. The molecule has 0 aliphatic rings. The lowest BCUT2D eigenvalue weighted by Crippen LogP contribution is -2.22. The smallest absolute Gasteiger partial charge is 0.344 e. The third kappa shape index (κ3) is 2.44. The molecule has 19 heavy (non-hydrogen) atoms. The van der Waals surface area contributed by atoms with Crippen LogP contribution in [0.5, 0.6) is 5.75 Å². The van der Waals surface area contributed by atoms with Gasteiger partial charge in [0.05, 0.1) is 10.3 Å². The first kappa shape index (κ1) is 12.7. The lowest BCUT2D eigenvalue weighted by atomic mass is 10.1. The topological polar surface area (TPSA) is 103 Å². The van der Waals surface area contributed by atoms with Crippen LogP contribution in [0.4, 0.5) is 5.69 Å². The molecule has 0 amide bonds. The molecule has 0 saturated heterocycles. The maximum atomic E-state index is 10.9. The third-order valence-electron chi connectivity index (χ3n) is 2.60. The molecule has 1 unspecified atom stereocenters. The normalized spacial score (nSPS) is 12.1. The van der Waals surface area contributed by atoms with E-state index in [-0.39, 0.29) is 11.4 Å². The van der Waals surface area contributed by atoms with E-state index in [0.717, 1.165) is 0 Å². The summed E-state index contributed by atoms with van der Waals surface area (Å²) in [6, 6.07) is 4.21. The minimum absolute atomic E-state index is 0.0987. The van der Waals surface area contributed by atoms with Crippen LogP contribution in [-0.2, 0) is 4.79 Å². The van der Waals surface area contributed by atoms with Crippen molar-refractivity contribution in [2.75, 3.05) is 0 Å². The van der Waals surface area contributed by atoms with Crippen LogP contribution in [-0.4, -0.2) is 27.1 Å². The predicted octanol–water partition coefficient (Wildman–Crippen LogP) is 1.99. The zero-order chi connectivity index (χ0) is 14.0. The van der Waals surface area contributed by atoms with Crippen LogP contribution in [0.2, 0.25) is 0 Å². The van der Waals surface area contributed by atoms with Gasteiger partial charge >= 0.3 is 5.97 Å². The molecule has 1 aromatic heterocycles. The van der Waals surface area contributed by atoms with Crippen LogP contribution in [0.3, 0.4) is 0 Å². The number of fused-ring (bicyclic) bond motifs is 1. The fourth-order valence-electron chi connectivity index (χ4n) is 1.65. The number of rotatable bonds is 4. The molecule has 2 rings (SSSR count). The highest BCUT2D eigenvalue weighted by atomic mass is 16.6. The summed E-state index contributed by atoms with van der Waals surface area (Å²) >= 11 is 0. The standard InChI is InChI=1S/C12H10N2O5/c1-7(12(15)16)19-11-3-2-10(14(17)18)9-6-13-5-4-8(9)11/h2-7H,1H3,(H,15,16). The van der Waals surface area contributed by atoms with Crippen LogP contribution in [0, 0.1) is 10.1 Å². The van der Waals surface area contributed by atoms with Crippen molar-refractivity contribution in [1.82, 2.24) is 4.98 Å². The highest BCUT2D eigenvalue weighted by molar-refractivity contribution is 5.94. The molecule has 2 aromatic rings. The Morgan fingerprint density at radius 1 is 1.42 bits per heavy atom. The Balaban J connectivity index is 2.55. The van der Waals surface area contributed by atoms with Crippen molar-refractivity contribution in [2.24, 2.45) is 0 Å². The zero-order valence-corrected chi connectivity index (χ0v) is 9.94. The number of nitro benzene ring substituents is 1. The van der Waals surface area contributed by atoms with Gasteiger partial charge in [0.1, 0.15) is 5.75 Å². The fourth-order valence-corrected chi connectivity index (χ4v) is 1.65. The van der Waals surface area contributed by atoms with E-state index in [9.17, 15) is 14.9 Å². The van der Waals surface area contributed by atoms with Crippen molar-refractivity contribution in [3.63, 3.8) is 0 Å². The second-order valence-electron chi connectivity index (χ2n) is 3.86. The van der Waals surface area contributed by atoms with Crippen LogP contribution < -0.4 is 4.74 Å². The quantitative estimate of drug-likeness (QED) is 0.667. The SMILES string of the molecule is CC(Oc1ccc([N+](=O)[O-])c2cnccc12)C(=O)O. The van der Waals surface area contributed by atoms with Crippen molar-refractivity contribution in [1.29, 1.82) is 0 Å². The lowest BCUT2D eigenvalue weighted by molar-refractivity contribution is -0.383. The van der Waals surface area contributed by atoms with E-state index in [0.29, 0.717) is 10.8 Å². The van der Waals surface area contributed by atoms with Crippen LogP contribution >= 0.6 is 0 Å². The predicted molar refractivity (Wildman–Crippen MR) is 66.1 cm³/mol. The highest BCUT2D eigenvalue weighted by Crippen LogP contribution is 2.32. The Bertz CT molecular complexity index is 656. The van der Waals surface area contributed by atoms with Gasteiger partial charge in [-0.2, -0.15) is 0 Å². The average molecular weight is 262 g/mol. The van der Waals surface area contributed by atoms with E-state index in [2.05, 4.69) is 4.98 Å².